The van der Waals surface area contributed by atoms with Crippen molar-refractivity contribution in [3.8, 4) is 10.8 Å². The molecule has 2 aromatic heterocycles. The minimum absolute atomic E-state index is 0.0560. The van der Waals surface area contributed by atoms with Crippen molar-refractivity contribution in [1.82, 2.24) is 9.55 Å². The number of hydrogen-bond acceptors (Lipinski definition) is 7. The predicted molar refractivity (Wildman–Crippen MR) is 129 cm³/mol. The number of thiophene rings is 1. The third-order valence-electron chi connectivity index (χ3n) is 5.34. The van der Waals surface area contributed by atoms with Crippen molar-refractivity contribution in [2.24, 2.45) is 0 Å². The van der Waals surface area contributed by atoms with Gasteiger partial charge in [-0.3, -0.25) is 4.57 Å². The molecule has 0 bridgehead atoms. The largest absolute Gasteiger partial charge is 0.484 e. The molecular weight excluding hydrogens is 517 g/mol. The van der Waals surface area contributed by atoms with E-state index in [9.17, 15) is 26.4 Å². The smallest absolute Gasteiger partial charge is 0.416 e. The van der Waals surface area contributed by atoms with Gasteiger partial charge in [0.25, 0.3) is 0 Å². The molecule has 2 heterocycles. The summed E-state index contributed by atoms with van der Waals surface area (Å²) in [6.07, 6.45) is -2.96. The number of imidazole rings is 1. The fraction of sp³-hybridized carbons (Fsp3) is 0.250. The van der Waals surface area contributed by atoms with Crippen molar-refractivity contribution in [3.05, 3.63) is 76.4 Å². The number of aromatic nitrogens is 2. The second kappa shape index (κ2) is 9.58. The first kappa shape index (κ1) is 25.7. The molecule has 190 valence electrons. The standard InChI is InChI=1S/C24H21F3N2O5S2/c1-14(16-6-4-5-7-17(16)24(25,26)27)34-20-11-21(35-22(20)23(30)33-2)29-13-28-18-9-8-15(10-19(18)29)12-36(3,31)32/h4-11,13-14H,12H2,1-3H3/t14-/m1/s1. The number of carbonyl (C=O) groups excluding carboxylic acids is 1. The summed E-state index contributed by atoms with van der Waals surface area (Å²) in [6.45, 7) is 1.47. The molecule has 0 fully saturated rings. The van der Waals surface area contributed by atoms with E-state index in [1.807, 2.05) is 0 Å². The van der Waals surface area contributed by atoms with Crippen molar-refractivity contribution >= 4 is 38.2 Å². The van der Waals surface area contributed by atoms with Crippen molar-refractivity contribution < 1.29 is 35.9 Å². The number of rotatable bonds is 7. The van der Waals surface area contributed by atoms with Gasteiger partial charge >= 0.3 is 12.1 Å². The van der Waals surface area contributed by atoms with Crippen LogP contribution in [-0.4, -0.2) is 37.3 Å². The molecule has 0 saturated carbocycles. The van der Waals surface area contributed by atoms with Crippen LogP contribution < -0.4 is 4.74 Å². The highest BCUT2D eigenvalue weighted by Crippen LogP contribution is 2.39. The van der Waals surface area contributed by atoms with Crippen LogP contribution in [0, 0.1) is 0 Å². The van der Waals surface area contributed by atoms with Crippen LogP contribution in [0.5, 0.6) is 5.75 Å². The fourth-order valence-corrected chi connectivity index (χ4v) is 5.57. The molecule has 0 amide bonds. The number of methoxy groups -OCH3 is 1. The van der Waals surface area contributed by atoms with Gasteiger partial charge in [-0.2, -0.15) is 13.2 Å². The first-order valence-corrected chi connectivity index (χ1v) is 13.4. The van der Waals surface area contributed by atoms with Gasteiger partial charge in [0.15, 0.2) is 14.7 Å². The number of halogens is 3. The van der Waals surface area contributed by atoms with Crippen molar-refractivity contribution in [1.29, 1.82) is 0 Å². The van der Waals surface area contributed by atoms with E-state index in [1.165, 1.54) is 44.6 Å². The van der Waals surface area contributed by atoms with Gasteiger partial charge < -0.3 is 9.47 Å². The van der Waals surface area contributed by atoms with Crippen LogP contribution >= 0.6 is 11.3 Å². The molecule has 1 atom stereocenters. The maximum Gasteiger partial charge on any atom is 0.416 e. The van der Waals surface area contributed by atoms with Gasteiger partial charge in [-0.05, 0) is 30.7 Å². The molecule has 0 aliphatic rings. The summed E-state index contributed by atoms with van der Waals surface area (Å²) in [5.41, 5.74) is 0.843. The van der Waals surface area contributed by atoms with E-state index in [0.717, 1.165) is 23.7 Å². The Balaban J connectivity index is 1.75. The monoisotopic (exact) mass is 538 g/mol. The first-order valence-electron chi connectivity index (χ1n) is 10.6. The first-order chi connectivity index (χ1) is 16.9. The normalized spacial score (nSPS) is 13.1. The number of sulfone groups is 1. The average molecular weight is 539 g/mol. The van der Waals surface area contributed by atoms with E-state index in [2.05, 4.69) is 4.98 Å². The van der Waals surface area contributed by atoms with Crippen LogP contribution in [0.4, 0.5) is 13.2 Å². The zero-order valence-electron chi connectivity index (χ0n) is 19.4. The predicted octanol–water partition coefficient (Wildman–Crippen LogP) is 5.58. The number of ether oxygens (including phenoxy) is 2. The van der Waals surface area contributed by atoms with Crippen molar-refractivity contribution in [2.75, 3.05) is 13.4 Å². The quantitative estimate of drug-likeness (QED) is 0.286. The summed E-state index contributed by atoms with van der Waals surface area (Å²) >= 11 is 1.01. The van der Waals surface area contributed by atoms with E-state index in [-0.39, 0.29) is 21.9 Å². The molecular formula is C24H21F3N2O5S2. The number of hydrogen-bond donors (Lipinski definition) is 0. The lowest BCUT2D eigenvalue weighted by molar-refractivity contribution is -0.139. The van der Waals surface area contributed by atoms with Crippen molar-refractivity contribution in [3.63, 3.8) is 0 Å². The molecule has 0 aliphatic carbocycles. The Morgan fingerprint density at radius 3 is 2.56 bits per heavy atom. The maximum absolute atomic E-state index is 13.5. The Morgan fingerprint density at radius 1 is 1.17 bits per heavy atom. The molecule has 4 aromatic rings. The second-order valence-electron chi connectivity index (χ2n) is 8.12. The molecule has 12 heteroatoms. The summed E-state index contributed by atoms with van der Waals surface area (Å²) in [7, 11) is -2.07. The molecule has 0 spiro atoms. The van der Waals surface area contributed by atoms with Gasteiger partial charge in [0.05, 0.1) is 29.5 Å². The molecule has 36 heavy (non-hydrogen) atoms. The third-order valence-corrected chi connectivity index (χ3v) is 7.30. The Hall–Kier alpha value is -3.38. The van der Waals surface area contributed by atoms with Gasteiger partial charge in [-0.1, -0.05) is 24.3 Å². The van der Waals surface area contributed by atoms with Crippen LogP contribution in [-0.2, 0) is 26.5 Å². The summed E-state index contributed by atoms with van der Waals surface area (Å²) in [5, 5.41) is 0.487. The van der Waals surface area contributed by atoms with Crippen LogP contribution in [0.25, 0.3) is 16.0 Å². The average Bonchev–Trinajstić information content (AvgIpc) is 3.40. The van der Waals surface area contributed by atoms with Gasteiger partial charge in [-0.25, -0.2) is 18.2 Å². The number of fused-ring (bicyclic) bond motifs is 1. The van der Waals surface area contributed by atoms with Crippen LogP contribution in [0.1, 0.15) is 39.4 Å². The molecule has 7 nitrogen and oxygen atoms in total. The highest BCUT2D eigenvalue weighted by Gasteiger charge is 2.35. The van der Waals surface area contributed by atoms with Crippen LogP contribution in [0.2, 0.25) is 0 Å². The van der Waals surface area contributed by atoms with E-state index in [1.54, 1.807) is 22.8 Å². The van der Waals surface area contributed by atoms with Gasteiger partial charge in [-0.15, -0.1) is 11.3 Å². The molecule has 0 saturated heterocycles. The van der Waals surface area contributed by atoms with Crippen molar-refractivity contribution in [2.45, 2.75) is 25.0 Å². The SMILES string of the molecule is COC(=O)c1sc(-n2cnc3ccc(CS(C)(=O)=O)cc32)cc1O[C@H](C)c1ccccc1C(F)(F)F. The van der Waals surface area contributed by atoms with E-state index in [0.29, 0.717) is 21.6 Å². The lowest BCUT2D eigenvalue weighted by Crippen LogP contribution is -2.14. The summed E-state index contributed by atoms with van der Waals surface area (Å²) in [6, 6.07) is 11.6. The third kappa shape index (κ3) is 5.39. The summed E-state index contributed by atoms with van der Waals surface area (Å²) < 4.78 is 76.4. The maximum atomic E-state index is 13.5. The highest BCUT2D eigenvalue weighted by molar-refractivity contribution is 7.89. The minimum atomic E-state index is -4.57. The van der Waals surface area contributed by atoms with Gasteiger partial charge in [0.1, 0.15) is 23.2 Å². The lowest BCUT2D eigenvalue weighted by Gasteiger charge is -2.19. The van der Waals surface area contributed by atoms with Crippen LogP contribution in [0.3, 0.4) is 0 Å². The summed E-state index contributed by atoms with van der Waals surface area (Å²) in [5.74, 6) is -0.809. The van der Waals surface area contributed by atoms with Gasteiger partial charge in [0.2, 0.25) is 0 Å². The lowest BCUT2D eigenvalue weighted by atomic mass is 10.0. The number of nitrogens with zero attached hydrogens (tertiary/aromatic N) is 2. The second-order valence-corrected chi connectivity index (χ2v) is 11.3. The van der Waals surface area contributed by atoms with E-state index in [4.69, 9.17) is 9.47 Å². The number of esters is 1. The van der Waals surface area contributed by atoms with E-state index < -0.39 is 33.7 Å². The topological polar surface area (TPSA) is 87.5 Å². The number of benzene rings is 2. The fourth-order valence-electron chi connectivity index (χ4n) is 3.79. The van der Waals surface area contributed by atoms with E-state index >= 15 is 0 Å². The molecule has 4 rings (SSSR count). The Bertz CT molecular complexity index is 1540. The molecule has 0 aliphatic heterocycles. The molecule has 2 aromatic carbocycles. The van der Waals surface area contributed by atoms with Crippen LogP contribution in [0.15, 0.2) is 54.9 Å². The molecule has 0 radical (unpaired) electrons. The molecule has 0 unspecified atom stereocenters. The summed E-state index contributed by atoms with van der Waals surface area (Å²) in [4.78, 5) is 16.9. The highest BCUT2D eigenvalue weighted by atomic mass is 32.2. The van der Waals surface area contributed by atoms with Gasteiger partial charge in [0, 0.05) is 17.9 Å². The number of carbonyl (C=O) groups is 1. The Kier molecular flexibility index (Phi) is 6.84. The Labute approximate surface area is 209 Å². The Morgan fingerprint density at radius 2 is 1.89 bits per heavy atom. The zero-order chi connectivity index (χ0) is 26.3. The minimum Gasteiger partial charge on any atom is -0.484 e. The molecule has 0 N–H and O–H groups in total. The zero-order valence-corrected chi connectivity index (χ0v) is 21.0. The number of alkyl halides is 3.